The van der Waals surface area contributed by atoms with Crippen molar-refractivity contribution in [1.82, 2.24) is 10.6 Å². The second-order valence-electron chi connectivity index (χ2n) is 7.95. The molecule has 0 unspecified atom stereocenters. The molecule has 154 valence electrons. The number of nitrogens with one attached hydrogen (secondary N) is 2. The quantitative estimate of drug-likeness (QED) is 0.808. The van der Waals surface area contributed by atoms with Gasteiger partial charge in [-0.3, -0.25) is 9.59 Å². The van der Waals surface area contributed by atoms with Gasteiger partial charge in [0, 0.05) is 28.8 Å². The summed E-state index contributed by atoms with van der Waals surface area (Å²) >= 11 is 0. The van der Waals surface area contributed by atoms with Gasteiger partial charge in [-0.1, -0.05) is 0 Å². The molecule has 2 amide bonds. The summed E-state index contributed by atoms with van der Waals surface area (Å²) < 4.78 is 24.4. The summed E-state index contributed by atoms with van der Waals surface area (Å²) in [7, 11) is 0. The van der Waals surface area contributed by atoms with Crippen molar-refractivity contribution in [3.8, 4) is 5.75 Å². The van der Waals surface area contributed by atoms with Gasteiger partial charge >= 0.3 is 0 Å². The Kier molecular flexibility index (Phi) is 6.17. The zero-order chi connectivity index (χ0) is 21.0. The SMILES string of the molecule is CC(C)(C)NC(=O)c1ccc(C(=O)NCCc2cc(F)cc3c2OCOC3)cc1. The van der Waals surface area contributed by atoms with Crippen LogP contribution < -0.4 is 15.4 Å². The van der Waals surface area contributed by atoms with E-state index in [9.17, 15) is 14.0 Å². The number of fused-ring (bicyclic) bond motifs is 1. The molecule has 1 aliphatic rings. The van der Waals surface area contributed by atoms with Crippen molar-refractivity contribution in [3.05, 3.63) is 64.5 Å². The number of amides is 2. The monoisotopic (exact) mass is 400 g/mol. The van der Waals surface area contributed by atoms with Crippen molar-refractivity contribution in [2.24, 2.45) is 0 Å². The van der Waals surface area contributed by atoms with E-state index >= 15 is 0 Å². The number of carbonyl (C=O) groups is 2. The van der Waals surface area contributed by atoms with Crippen molar-refractivity contribution >= 4 is 11.8 Å². The molecular weight excluding hydrogens is 375 g/mol. The number of hydrogen-bond donors (Lipinski definition) is 2. The molecule has 3 rings (SSSR count). The highest BCUT2D eigenvalue weighted by molar-refractivity contribution is 5.98. The summed E-state index contributed by atoms with van der Waals surface area (Å²) in [5, 5.41) is 5.69. The largest absolute Gasteiger partial charge is 0.467 e. The molecule has 29 heavy (non-hydrogen) atoms. The molecule has 7 heteroatoms. The van der Waals surface area contributed by atoms with Crippen LogP contribution in [0.5, 0.6) is 5.75 Å². The fraction of sp³-hybridized carbons (Fsp3) is 0.364. The van der Waals surface area contributed by atoms with Gasteiger partial charge in [0.2, 0.25) is 0 Å². The van der Waals surface area contributed by atoms with E-state index in [2.05, 4.69) is 10.6 Å². The summed E-state index contributed by atoms with van der Waals surface area (Å²) in [6.07, 6.45) is 0.428. The Morgan fingerprint density at radius 1 is 1.07 bits per heavy atom. The first-order chi connectivity index (χ1) is 13.7. The Hall–Kier alpha value is -2.93. The highest BCUT2D eigenvalue weighted by atomic mass is 19.1. The van der Waals surface area contributed by atoms with Crippen LogP contribution in [0, 0.1) is 5.82 Å². The number of rotatable bonds is 5. The molecule has 0 bridgehead atoms. The molecule has 2 aromatic rings. The topological polar surface area (TPSA) is 76.7 Å². The lowest BCUT2D eigenvalue weighted by molar-refractivity contribution is -0.0172. The minimum Gasteiger partial charge on any atom is -0.467 e. The molecule has 0 saturated carbocycles. The summed E-state index contributed by atoms with van der Waals surface area (Å²) in [6.45, 7) is 6.47. The first kappa shape index (κ1) is 20.8. The maximum Gasteiger partial charge on any atom is 0.251 e. The van der Waals surface area contributed by atoms with Gasteiger partial charge in [-0.15, -0.1) is 0 Å². The molecule has 6 nitrogen and oxygen atoms in total. The van der Waals surface area contributed by atoms with Gasteiger partial charge in [0.05, 0.1) is 6.61 Å². The zero-order valence-corrected chi connectivity index (χ0v) is 16.8. The van der Waals surface area contributed by atoms with Gasteiger partial charge in [-0.2, -0.15) is 0 Å². The highest BCUT2D eigenvalue weighted by Gasteiger charge is 2.18. The standard InChI is InChI=1S/C22H25FN2O4/c1-22(2,3)25-21(27)15-6-4-14(5-7-15)20(26)24-9-8-16-10-18(23)11-17-12-28-13-29-19(16)17/h4-7,10-11H,8-9,12-13H2,1-3H3,(H,24,26)(H,25,27). The molecule has 0 spiro atoms. The van der Waals surface area contributed by atoms with Crippen LogP contribution in [0.15, 0.2) is 36.4 Å². The summed E-state index contributed by atoms with van der Waals surface area (Å²) in [4.78, 5) is 24.5. The van der Waals surface area contributed by atoms with E-state index in [1.807, 2.05) is 20.8 Å². The molecular formula is C22H25FN2O4. The molecule has 0 aromatic heterocycles. The van der Waals surface area contributed by atoms with E-state index in [0.29, 0.717) is 47.6 Å². The van der Waals surface area contributed by atoms with Crippen molar-refractivity contribution in [2.45, 2.75) is 39.3 Å². The van der Waals surface area contributed by atoms with E-state index in [4.69, 9.17) is 9.47 Å². The van der Waals surface area contributed by atoms with Gasteiger partial charge in [0.25, 0.3) is 11.8 Å². The fourth-order valence-corrected chi connectivity index (χ4v) is 3.04. The van der Waals surface area contributed by atoms with E-state index in [1.54, 1.807) is 24.3 Å². The zero-order valence-electron chi connectivity index (χ0n) is 16.8. The molecule has 2 aromatic carbocycles. The lowest BCUT2D eigenvalue weighted by atomic mass is 10.0. The molecule has 2 N–H and O–H groups in total. The predicted octanol–water partition coefficient (Wildman–Crippen LogP) is 3.19. The molecule has 1 aliphatic heterocycles. The molecule has 0 fully saturated rings. The van der Waals surface area contributed by atoms with Gasteiger partial charge in [0.15, 0.2) is 6.79 Å². The van der Waals surface area contributed by atoms with Crippen LogP contribution in [0.4, 0.5) is 4.39 Å². The molecule has 0 radical (unpaired) electrons. The average molecular weight is 400 g/mol. The summed E-state index contributed by atoms with van der Waals surface area (Å²) in [5.74, 6) is -0.184. The summed E-state index contributed by atoms with van der Waals surface area (Å²) in [5.41, 5.74) is 1.96. The number of carbonyl (C=O) groups excluding carboxylic acids is 2. The Labute approximate surface area is 169 Å². The average Bonchev–Trinajstić information content (AvgIpc) is 2.66. The molecule has 1 heterocycles. The van der Waals surface area contributed by atoms with Gasteiger partial charge < -0.3 is 20.1 Å². The Bertz CT molecular complexity index is 904. The van der Waals surface area contributed by atoms with Crippen molar-refractivity contribution in [1.29, 1.82) is 0 Å². The van der Waals surface area contributed by atoms with Gasteiger partial charge in [0.1, 0.15) is 11.6 Å². The molecule has 0 saturated heterocycles. The van der Waals surface area contributed by atoms with Crippen molar-refractivity contribution < 1.29 is 23.5 Å². The maximum atomic E-state index is 13.8. The maximum absolute atomic E-state index is 13.8. The van der Waals surface area contributed by atoms with Crippen molar-refractivity contribution in [3.63, 3.8) is 0 Å². The normalized spacial score (nSPS) is 13.2. The Morgan fingerprint density at radius 2 is 1.72 bits per heavy atom. The van der Waals surface area contributed by atoms with E-state index < -0.39 is 0 Å². The van der Waals surface area contributed by atoms with E-state index in [-0.39, 0.29) is 30.0 Å². The Morgan fingerprint density at radius 3 is 2.38 bits per heavy atom. The van der Waals surface area contributed by atoms with Crippen LogP contribution >= 0.6 is 0 Å². The van der Waals surface area contributed by atoms with Crippen LogP contribution in [-0.2, 0) is 17.8 Å². The Balaban J connectivity index is 1.58. The van der Waals surface area contributed by atoms with E-state index in [0.717, 1.165) is 0 Å². The number of benzene rings is 2. The number of hydrogen-bond acceptors (Lipinski definition) is 4. The molecule has 0 aliphatic carbocycles. The van der Waals surface area contributed by atoms with Crippen LogP contribution in [0.1, 0.15) is 52.6 Å². The lowest BCUT2D eigenvalue weighted by Crippen LogP contribution is -2.40. The smallest absolute Gasteiger partial charge is 0.251 e. The summed E-state index contributed by atoms with van der Waals surface area (Å²) in [6, 6.07) is 9.27. The van der Waals surface area contributed by atoms with Crippen LogP contribution in [-0.4, -0.2) is 30.7 Å². The number of ether oxygens (including phenoxy) is 2. The van der Waals surface area contributed by atoms with Crippen LogP contribution in [0.3, 0.4) is 0 Å². The van der Waals surface area contributed by atoms with Crippen LogP contribution in [0.25, 0.3) is 0 Å². The third-order valence-electron chi connectivity index (χ3n) is 4.33. The highest BCUT2D eigenvalue weighted by Crippen LogP contribution is 2.29. The molecule has 0 atom stereocenters. The lowest BCUT2D eigenvalue weighted by Gasteiger charge is -2.21. The van der Waals surface area contributed by atoms with Crippen molar-refractivity contribution in [2.75, 3.05) is 13.3 Å². The second-order valence-corrected chi connectivity index (χ2v) is 7.95. The van der Waals surface area contributed by atoms with Gasteiger partial charge in [-0.05, 0) is 69.2 Å². The number of halogens is 1. The van der Waals surface area contributed by atoms with Crippen LogP contribution in [0.2, 0.25) is 0 Å². The predicted molar refractivity (Wildman–Crippen MR) is 106 cm³/mol. The van der Waals surface area contributed by atoms with E-state index in [1.165, 1.54) is 12.1 Å². The first-order valence-corrected chi connectivity index (χ1v) is 9.45. The van der Waals surface area contributed by atoms with Gasteiger partial charge in [-0.25, -0.2) is 4.39 Å². The first-order valence-electron chi connectivity index (χ1n) is 9.45. The third-order valence-corrected chi connectivity index (χ3v) is 4.33. The minimum absolute atomic E-state index is 0.132. The minimum atomic E-state index is -0.358. The fourth-order valence-electron chi connectivity index (χ4n) is 3.04. The third kappa shape index (κ3) is 5.54. The second kappa shape index (κ2) is 8.61.